The molecule has 28 heavy (non-hydrogen) atoms. The summed E-state index contributed by atoms with van der Waals surface area (Å²) in [5.74, 6) is 0.0663. The summed E-state index contributed by atoms with van der Waals surface area (Å²) in [7, 11) is 0. The highest BCUT2D eigenvalue weighted by Gasteiger charge is 2.30. The molecule has 0 radical (unpaired) electrons. The molecule has 1 fully saturated rings. The van der Waals surface area contributed by atoms with E-state index in [4.69, 9.17) is 17.2 Å². The third kappa shape index (κ3) is 7.56. The summed E-state index contributed by atoms with van der Waals surface area (Å²) in [4.78, 5) is 30.3. The van der Waals surface area contributed by atoms with Crippen molar-refractivity contribution in [3.05, 3.63) is 35.9 Å². The lowest BCUT2D eigenvalue weighted by Gasteiger charge is -2.21. The Hall–Kier alpha value is -2.61. The van der Waals surface area contributed by atoms with E-state index in [-0.39, 0.29) is 23.8 Å². The number of aliphatic imine (C=N–C) groups is 1. The number of rotatable bonds is 10. The topological polar surface area (TPSA) is 140 Å². The van der Waals surface area contributed by atoms with Crippen molar-refractivity contribution in [3.8, 4) is 0 Å². The van der Waals surface area contributed by atoms with E-state index in [0.29, 0.717) is 32.5 Å². The molecular formula is C20H32N6O2. The van der Waals surface area contributed by atoms with E-state index in [2.05, 4.69) is 10.3 Å². The molecule has 2 atom stereocenters. The summed E-state index contributed by atoms with van der Waals surface area (Å²) in [5, 5.41) is 3.02. The van der Waals surface area contributed by atoms with Crippen molar-refractivity contribution in [1.82, 2.24) is 10.2 Å². The van der Waals surface area contributed by atoms with E-state index >= 15 is 0 Å². The minimum absolute atomic E-state index is 0.00186. The van der Waals surface area contributed by atoms with Gasteiger partial charge in [0.1, 0.15) is 0 Å². The van der Waals surface area contributed by atoms with Crippen molar-refractivity contribution in [2.24, 2.45) is 22.2 Å². The van der Waals surface area contributed by atoms with Gasteiger partial charge in [-0.1, -0.05) is 36.8 Å². The number of nitrogens with two attached hydrogens (primary N) is 3. The van der Waals surface area contributed by atoms with Crippen LogP contribution in [0, 0.1) is 0 Å². The first-order valence-corrected chi connectivity index (χ1v) is 9.88. The molecule has 2 unspecified atom stereocenters. The van der Waals surface area contributed by atoms with Gasteiger partial charge in [-0.2, -0.15) is 0 Å². The number of hydrogen-bond acceptors (Lipinski definition) is 4. The van der Waals surface area contributed by atoms with Gasteiger partial charge < -0.3 is 27.4 Å². The van der Waals surface area contributed by atoms with Crippen LogP contribution in [-0.4, -0.2) is 54.4 Å². The van der Waals surface area contributed by atoms with Gasteiger partial charge in [0.2, 0.25) is 11.8 Å². The summed E-state index contributed by atoms with van der Waals surface area (Å²) < 4.78 is 0. The summed E-state index contributed by atoms with van der Waals surface area (Å²) in [5.41, 5.74) is 17.7. The SMILES string of the molecule is NC(N)=NCCCCCC(=O)NC1CCN(C(=O)C(N)Cc2ccccc2)C1. The highest BCUT2D eigenvalue weighted by atomic mass is 16.2. The van der Waals surface area contributed by atoms with Gasteiger partial charge in [-0.3, -0.25) is 14.6 Å². The van der Waals surface area contributed by atoms with E-state index < -0.39 is 6.04 Å². The lowest BCUT2D eigenvalue weighted by atomic mass is 10.1. The normalized spacial score (nSPS) is 17.2. The smallest absolute Gasteiger partial charge is 0.239 e. The van der Waals surface area contributed by atoms with Crippen molar-refractivity contribution in [3.63, 3.8) is 0 Å². The first-order valence-electron chi connectivity index (χ1n) is 9.88. The first kappa shape index (κ1) is 21.7. The van der Waals surface area contributed by atoms with E-state index in [0.717, 1.165) is 31.2 Å². The number of nitrogens with one attached hydrogen (secondary N) is 1. The number of benzene rings is 1. The molecule has 1 heterocycles. The molecule has 8 heteroatoms. The monoisotopic (exact) mass is 388 g/mol. The molecule has 0 aliphatic carbocycles. The van der Waals surface area contributed by atoms with Crippen LogP contribution in [-0.2, 0) is 16.0 Å². The average Bonchev–Trinajstić information content (AvgIpc) is 3.12. The predicted molar refractivity (Wildman–Crippen MR) is 110 cm³/mol. The third-order valence-electron chi connectivity index (χ3n) is 4.84. The number of likely N-dealkylation sites (tertiary alicyclic amines) is 1. The van der Waals surface area contributed by atoms with E-state index in [9.17, 15) is 9.59 Å². The lowest BCUT2D eigenvalue weighted by Crippen LogP contribution is -2.45. The molecule has 1 aliphatic rings. The quantitative estimate of drug-likeness (QED) is 0.256. The highest BCUT2D eigenvalue weighted by Crippen LogP contribution is 2.13. The Bertz CT molecular complexity index is 660. The van der Waals surface area contributed by atoms with Crippen LogP contribution in [0.2, 0.25) is 0 Å². The van der Waals surface area contributed by atoms with Crippen LogP contribution in [0.3, 0.4) is 0 Å². The first-order chi connectivity index (χ1) is 13.5. The lowest BCUT2D eigenvalue weighted by molar-refractivity contribution is -0.131. The zero-order chi connectivity index (χ0) is 20.4. The Labute approximate surface area is 166 Å². The van der Waals surface area contributed by atoms with Crippen LogP contribution in [0.1, 0.15) is 37.7 Å². The molecule has 7 N–H and O–H groups in total. The average molecular weight is 389 g/mol. The Kier molecular flexibility index (Phi) is 8.74. The third-order valence-corrected chi connectivity index (χ3v) is 4.84. The van der Waals surface area contributed by atoms with Gasteiger partial charge in [0.15, 0.2) is 5.96 Å². The number of carbonyl (C=O) groups excluding carboxylic acids is 2. The number of nitrogens with zero attached hydrogens (tertiary/aromatic N) is 2. The molecule has 0 saturated carbocycles. The van der Waals surface area contributed by atoms with Crippen LogP contribution in [0.25, 0.3) is 0 Å². The zero-order valence-corrected chi connectivity index (χ0v) is 16.3. The second-order valence-electron chi connectivity index (χ2n) is 7.25. The Morgan fingerprint density at radius 1 is 1.18 bits per heavy atom. The number of hydrogen-bond donors (Lipinski definition) is 4. The van der Waals surface area contributed by atoms with E-state index in [1.165, 1.54) is 0 Å². The van der Waals surface area contributed by atoms with Gasteiger partial charge in [0.05, 0.1) is 6.04 Å². The molecule has 0 bridgehead atoms. The van der Waals surface area contributed by atoms with Crippen molar-refractivity contribution >= 4 is 17.8 Å². The minimum Gasteiger partial charge on any atom is -0.370 e. The molecule has 2 amide bonds. The fourth-order valence-corrected chi connectivity index (χ4v) is 3.35. The van der Waals surface area contributed by atoms with Crippen molar-refractivity contribution in [2.75, 3.05) is 19.6 Å². The summed E-state index contributed by atoms with van der Waals surface area (Å²) in [6.45, 7) is 1.75. The Morgan fingerprint density at radius 2 is 1.93 bits per heavy atom. The molecule has 1 saturated heterocycles. The van der Waals surface area contributed by atoms with Gasteiger partial charge in [0, 0.05) is 32.1 Å². The number of unbranched alkanes of at least 4 members (excludes halogenated alkanes) is 2. The van der Waals surface area contributed by atoms with Crippen LogP contribution in [0.4, 0.5) is 0 Å². The van der Waals surface area contributed by atoms with E-state index in [1.807, 2.05) is 30.3 Å². The van der Waals surface area contributed by atoms with Gasteiger partial charge in [-0.25, -0.2) is 0 Å². The predicted octanol–water partition coefficient (Wildman–Crippen LogP) is 0.107. The number of carbonyl (C=O) groups is 2. The standard InChI is InChI=1S/C20H32N6O2/c21-17(13-15-7-3-1-4-8-15)19(28)26-12-10-16(14-26)25-18(27)9-5-2-6-11-24-20(22)23/h1,3-4,7-8,16-17H,2,5-6,9-14,21H2,(H,25,27)(H4,22,23,24). The van der Waals surface area contributed by atoms with Gasteiger partial charge in [0.25, 0.3) is 0 Å². The summed E-state index contributed by atoms with van der Waals surface area (Å²) in [6.07, 6.45) is 4.31. The number of guanidine groups is 1. The van der Waals surface area contributed by atoms with Crippen molar-refractivity contribution in [1.29, 1.82) is 0 Å². The molecule has 8 nitrogen and oxygen atoms in total. The van der Waals surface area contributed by atoms with Gasteiger partial charge >= 0.3 is 0 Å². The van der Waals surface area contributed by atoms with Crippen LogP contribution in [0.5, 0.6) is 0 Å². The Balaban J connectivity index is 1.65. The number of amides is 2. The van der Waals surface area contributed by atoms with Crippen molar-refractivity contribution < 1.29 is 9.59 Å². The van der Waals surface area contributed by atoms with E-state index in [1.54, 1.807) is 4.90 Å². The second-order valence-corrected chi connectivity index (χ2v) is 7.25. The summed E-state index contributed by atoms with van der Waals surface area (Å²) >= 11 is 0. The maximum atomic E-state index is 12.6. The minimum atomic E-state index is -0.554. The molecule has 154 valence electrons. The van der Waals surface area contributed by atoms with Gasteiger partial charge in [-0.05, 0) is 31.2 Å². The molecular weight excluding hydrogens is 356 g/mol. The van der Waals surface area contributed by atoms with Crippen molar-refractivity contribution in [2.45, 2.75) is 50.6 Å². The fraction of sp³-hybridized carbons (Fsp3) is 0.550. The fourth-order valence-electron chi connectivity index (χ4n) is 3.35. The maximum Gasteiger partial charge on any atom is 0.239 e. The highest BCUT2D eigenvalue weighted by molar-refractivity contribution is 5.82. The summed E-state index contributed by atoms with van der Waals surface area (Å²) in [6, 6.07) is 9.21. The molecule has 2 rings (SSSR count). The van der Waals surface area contributed by atoms with Gasteiger partial charge in [-0.15, -0.1) is 0 Å². The second kappa shape index (κ2) is 11.3. The molecule has 1 aromatic carbocycles. The Morgan fingerprint density at radius 3 is 2.64 bits per heavy atom. The molecule has 1 aliphatic heterocycles. The van der Waals surface area contributed by atoms with Crippen LogP contribution < -0.4 is 22.5 Å². The largest absolute Gasteiger partial charge is 0.370 e. The zero-order valence-electron chi connectivity index (χ0n) is 16.3. The molecule has 1 aromatic rings. The van der Waals surface area contributed by atoms with Crippen LogP contribution >= 0.6 is 0 Å². The molecule has 0 aromatic heterocycles. The molecule has 0 spiro atoms. The van der Waals surface area contributed by atoms with Crippen LogP contribution in [0.15, 0.2) is 35.3 Å². The maximum absolute atomic E-state index is 12.6.